The van der Waals surface area contributed by atoms with Gasteiger partial charge in [0.2, 0.25) is 0 Å². The molecule has 0 saturated heterocycles. The molecule has 1 heterocycles. The van der Waals surface area contributed by atoms with Crippen molar-refractivity contribution in [3.8, 4) is 0 Å². The van der Waals surface area contributed by atoms with Crippen LogP contribution in [0.15, 0.2) is 30.0 Å². The molecule has 0 bridgehead atoms. The SMILES string of the molecule is CC1OC(=O)C(c2ccccc2F)=C1O. The summed E-state index contributed by atoms with van der Waals surface area (Å²) < 4.78 is 18.1. The van der Waals surface area contributed by atoms with Gasteiger partial charge in [0.25, 0.3) is 0 Å². The zero-order valence-corrected chi connectivity index (χ0v) is 8.03. The van der Waals surface area contributed by atoms with Gasteiger partial charge in [0.1, 0.15) is 17.1 Å². The van der Waals surface area contributed by atoms with Crippen LogP contribution in [0.3, 0.4) is 0 Å². The van der Waals surface area contributed by atoms with E-state index in [1.807, 2.05) is 0 Å². The van der Waals surface area contributed by atoms with Gasteiger partial charge in [0.15, 0.2) is 6.10 Å². The smallest absolute Gasteiger partial charge is 0.343 e. The molecule has 0 fully saturated rings. The number of aliphatic hydroxyl groups excluding tert-OH is 1. The molecule has 3 nitrogen and oxygen atoms in total. The Hall–Kier alpha value is -1.84. The van der Waals surface area contributed by atoms with Gasteiger partial charge in [-0.05, 0) is 13.0 Å². The van der Waals surface area contributed by atoms with Crippen molar-refractivity contribution < 1.29 is 19.0 Å². The van der Waals surface area contributed by atoms with Crippen LogP contribution in [0.1, 0.15) is 12.5 Å². The first-order chi connectivity index (χ1) is 7.11. The average Bonchev–Trinajstić information content (AvgIpc) is 2.43. The number of halogens is 1. The van der Waals surface area contributed by atoms with Gasteiger partial charge in [-0.3, -0.25) is 0 Å². The second kappa shape index (κ2) is 3.38. The van der Waals surface area contributed by atoms with Crippen LogP contribution < -0.4 is 0 Å². The van der Waals surface area contributed by atoms with Crippen LogP contribution in [-0.2, 0) is 9.53 Å². The van der Waals surface area contributed by atoms with E-state index >= 15 is 0 Å². The summed E-state index contributed by atoms with van der Waals surface area (Å²) in [7, 11) is 0. The van der Waals surface area contributed by atoms with Crippen molar-refractivity contribution >= 4 is 11.5 Å². The van der Waals surface area contributed by atoms with E-state index in [1.54, 1.807) is 6.07 Å². The lowest BCUT2D eigenvalue weighted by molar-refractivity contribution is -0.137. The number of carbonyl (C=O) groups is 1. The topological polar surface area (TPSA) is 46.5 Å². The summed E-state index contributed by atoms with van der Waals surface area (Å²) in [5.41, 5.74) is -0.00931. The van der Waals surface area contributed by atoms with E-state index < -0.39 is 17.9 Å². The van der Waals surface area contributed by atoms with Crippen molar-refractivity contribution in [1.29, 1.82) is 0 Å². The number of hydrogen-bond acceptors (Lipinski definition) is 3. The molecule has 2 rings (SSSR count). The zero-order chi connectivity index (χ0) is 11.0. The van der Waals surface area contributed by atoms with E-state index in [-0.39, 0.29) is 16.9 Å². The fraction of sp³-hybridized carbons (Fsp3) is 0.182. The second-order valence-corrected chi connectivity index (χ2v) is 3.29. The van der Waals surface area contributed by atoms with Crippen LogP contribution in [-0.4, -0.2) is 17.2 Å². The molecule has 0 saturated carbocycles. The summed E-state index contributed by atoms with van der Waals surface area (Å²) in [6, 6.07) is 5.77. The zero-order valence-electron chi connectivity index (χ0n) is 8.03. The number of cyclic esters (lactones) is 1. The maximum absolute atomic E-state index is 13.4. The fourth-order valence-electron chi connectivity index (χ4n) is 1.50. The number of aliphatic hydroxyl groups is 1. The average molecular weight is 208 g/mol. The van der Waals surface area contributed by atoms with Crippen molar-refractivity contribution in [2.24, 2.45) is 0 Å². The summed E-state index contributed by atoms with van der Waals surface area (Å²) >= 11 is 0. The van der Waals surface area contributed by atoms with Gasteiger partial charge < -0.3 is 9.84 Å². The highest BCUT2D eigenvalue weighted by molar-refractivity contribution is 6.19. The lowest BCUT2D eigenvalue weighted by Gasteiger charge is -2.00. The lowest BCUT2D eigenvalue weighted by Crippen LogP contribution is -2.05. The number of benzene rings is 1. The van der Waals surface area contributed by atoms with Gasteiger partial charge in [-0.1, -0.05) is 18.2 Å². The third-order valence-electron chi connectivity index (χ3n) is 2.27. The molecule has 78 valence electrons. The Kier molecular flexibility index (Phi) is 2.19. The van der Waals surface area contributed by atoms with Crippen molar-refractivity contribution in [3.63, 3.8) is 0 Å². The quantitative estimate of drug-likeness (QED) is 0.718. The second-order valence-electron chi connectivity index (χ2n) is 3.29. The minimum absolute atomic E-state index is 0.0735. The van der Waals surface area contributed by atoms with Crippen LogP contribution in [0.4, 0.5) is 4.39 Å². The predicted octanol–water partition coefficient (Wildman–Crippen LogP) is 2.04. The number of rotatable bonds is 1. The molecular formula is C11H9FO3. The van der Waals surface area contributed by atoms with Crippen LogP contribution in [0.5, 0.6) is 0 Å². The first-order valence-electron chi connectivity index (χ1n) is 4.50. The fourth-order valence-corrected chi connectivity index (χ4v) is 1.50. The van der Waals surface area contributed by atoms with Gasteiger partial charge in [0.05, 0.1) is 0 Å². The minimum atomic E-state index is -0.702. The molecule has 0 radical (unpaired) electrons. The van der Waals surface area contributed by atoms with Crippen LogP contribution in [0, 0.1) is 5.82 Å². The molecule has 0 aliphatic carbocycles. The molecule has 0 amide bonds. The maximum atomic E-state index is 13.4. The Balaban J connectivity index is 2.57. The molecule has 1 N–H and O–H groups in total. The van der Waals surface area contributed by atoms with Gasteiger partial charge in [-0.25, -0.2) is 9.18 Å². The van der Waals surface area contributed by atoms with Gasteiger partial charge in [-0.2, -0.15) is 0 Å². The van der Waals surface area contributed by atoms with E-state index in [0.717, 1.165) is 0 Å². The monoisotopic (exact) mass is 208 g/mol. The Labute approximate surface area is 85.8 Å². The van der Waals surface area contributed by atoms with Crippen molar-refractivity contribution in [2.45, 2.75) is 13.0 Å². The minimum Gasteiger partial charge on any atom is -0.507 e. The van der Waals surface area contributed by atoms with Crippen LogP contribution in [0.2, 0.25) is 0 Å². The highest BCUT2D eigenvalue weighted by Crippen LogP contribution is 2.30. The highest BCUT2D eigenvalue weighted by Gasteiger charge is 2.33. The summed E-state index contributed by atoms with van der Waals surface area (Å²) in [6.07, 6.45) is -0.702. The molecule has 1 aliphatic rings. The molecule has 0 spiro atoms. The van der Waals surface area contributed by atoms with E-state index in [9.17, 15) is 14.3 Å². The van der Waals surface area contributed by atoms with Crippen LogP contribution >= 0.6 is 0 Å². The lowest BCUT2D eigenvalue weighted by atomic mass is 10.0. The molecule has 1 aromatic carbocycles. The van der Waals surface area contributed by atoms with Crippen molar-refractivity contribution in [1.82, 2.24) is 0 Å². The first-order valence-corrected chi connectivity index (χ1v) is 4.50. The number of ether oxygens (including phenoxy) is 1. The number of carbonyl (C=O) groups excluding carboxylic acids is 1. The van der Waals surface area contributed by atoms with Gasteiger partial charge in [0, 0.05) is 5.56 Å². The third-order valence-corrected chi connectivity index (χ3v) is 2.27. The van der Waals surface area contributed by atoms with E-state index in [4.69, 9.17) is 4.74 Å². The first kappa shape index (κ1) is 9.71. The molecule has 15 heavy (non-hydrogen) atoms. The largest absolute Gasteiger partial charge is 0.507 e. The number of hydrogen-bond donors (Lipinski definition) is 1. The van der Waals surface area contributed by atoms with Crippen molar-refractivity contribution in [3.05, 3.63) is 41.4 Å². The summed E-state index contributed by atoms with van der Waals surface area (Å²) in [6.45, 7) is 1.53. The maximum Gasteiger partial charge on any atom is 0.343 e. The highest BCUT2D eigenvalue weighted by atomic mass is 19.1. The molecule has 1 aromatic rings. The Bertz CT molecular complexity index is 451. The standard InChI is InChI=1S/C11H9FO3/c1-6-10(13)9(11(14)15-6)7-4-2-3-5-8(7)12/h2-6,13H,1H3. The molecule has 1 atom stereocenters. The van der Waals surface area contributed by atoms with Crippen molar-refractivity contribution in [2.75, 3.05) is 0 Å². The molecule has 1 unspecified atom stereocenters. The Morgan fingerprint density at radius 3 is 2.60 bits per heavy atom. The van der Waals surface area contributed by atoms with Gasteiger partial charge in [-0.15, -0.1) is 0 Å². The Morgan fingerprint density at radius 2 is 2.07 bits per heavy atom. The summed E-state index contributed by atoms with van der Waals surface area (Å²) in [5, 5.41) is 9.57. The normalized spacial score (nSPS) is 20.7. The predicted molar refractivity (Wildman–Crippen MR) is 51.5 cm³/mol. The number of esters is 1. The van der Waals surface area contributed by atoms with E-state index in [0.29, 0.717) is 0 Å². The summed E-state index contributed by atoms with van der Waals surface area (Å²) in [5.74, 6) is -1.46. The Morgan fingerprint density at radius 1 is 1.40 bits per heavy atom. The molecule has 4 heteroatoms. The molecular weight excluding hydrogens is 199 g/mol. The van der Waals surface area contributed by atoms with Gasteiger partial charge >= 0.3 is 5.97 Å². The molecule has 0 aromatic heterocycles. The molecule has 1 aliphatic heterocycles. The van der Waals surface area contributed by atoms with Crippen LogP contribution in [0.25, 0.3) is 5.57 Å². The van der Waals surface area contributed by atoms with E-state index in [2.05, 4.69) is 0 Å². The third kappa shape index (κ3) is 1.48. The summed E-state index contributed by atoms with van der Waals surface area (Å²) in [4.78, 5) is 11.3. The van der Waals surface area contributed by atoms with E-state index in [1.165, 1.54) is 25.1 Å².